The first-order valence-electron chi connectivity index (χ1n) is 4.43. The average molecular weight is 179 g/mol. The highest BCUT2D eigenvalue weighted by Crippen LogP contribution is 2.14. The lowest BCUT2D eigenvalue weighted by atomic mass is 10.3. The summed E-state index contributed by atoms with van der Waals surface area (Å²) >= 11 is 0. The summed E-state index contributed by atoms with van der Waals surface area (Å²) in [5.41, 5.74) is 5.46. The van der Waals surface area contributed by atoms with E-state index in [4.69, 9.17) is 10.5 Å². The lowest BCUT2D eigenvalue weighted by Gasteiger charge is -2.11. The lowest BCUT2D eigenvalue weighted by Crippen LogP contribution is -2.19. The molecule has 0 bridgehead atoms. The number of anilines is 1. The van der Waals surface area contributed by atoms with Gasteiger partial charge in [0, 0.05) is 6.54 Å². The summed E-state index contributed by atoms with van der Waals surface area (Å²) in [6.07, 6.45) is 3.00. The minimum atomic E-state index is 0.283. The van der Waals surface area contributed by atoms with Gasteiger partial charge in [0.2, 0.25) is 0 Å². The van der Waals surface area contributed by atoms with Crippen LogP contribution in [-0.2, 0) is 0 Å². The second kappa shape index (κ2) is 3.62. The largest absolute Gasteiger partial charge is 0.487 e. The molecule has 3 N–H and O–H groups in total. The standard InChI is InChI=1S/C9H13N3O/c10-9-2-1-7(6-12-9)13-8-3-4-11-5-8/h1-2,6,8,11H,3-5H2,(H2,10,12)/t8-/m0/s1. The number of hydrogen-bond donors (Lipinski definition) is 2. The van der Waals surface area contributed by atoms with Crippen LogP contribution in [0.3, 0.4) is 0 Å². The van der Waals surface area contributed by atoms with E-state index in [1.165, 1.54) is 0 Å². The van der Waals surface area contributed by atoms with E-state index in [2.05, 4.69) is 10.3 Å². The van der Waals surface area contributed by atoms with Crippen LogP contribution in [0.25, 0.3) is 0 Å². The molecule has 0 saturated carbocycles. The first kappa shape index (κ1) is 8.31. The fraction of sp³-hybridized carbons (Fsp3) is 0.444. The van der Waals surface area contributed by atoms with E-state index in [0.29, 0.717) is 5.82 Å². The summed E-state index contributed by atoms with van der Waals surface area (Å²) in [5, 5.41) is 3.23. The maximum absolute atomic E-state index is 5.65. The molecule has 0 spiro atoms. The van der Waals surface area contributed by atoms with Crippen LogP contribution in [0.15, 0.2) is 18.3 Å². The molecular formula is C9H13N3O. The van der Waals surface area contributed by atoms with E-state index in [0.717, 1.165) is 25.3 Å². The lowest BCUT2D eigenvalue weighted by molar-refractivity contribution is 0.222. The normalized spacial score (nSPS) is 21.7. The second-order valence-corrected chi connectivity index (χ2v) is 3.15. The summed E-state index contributed by atoms with van der Waals surface area (Å²) in [5.74, 6) is 1.32. The quantitative estimate of drug-likeness (QED) is 0.690. The van der Waals surface area contributed by atoms with Crippen LogP contribution in [0, 0.1) is 0 Å². The molecule has 1 aliphatic heterocycles. The van der Waals surface area contributed by atoms with Crippen molar-refractivity contribution in [3.05, 3.63) is 18.3 Å². The molecule has 70 valence electrons. The minimum Gasteiger partial charge on any atom is -0.487 e. The predicted molar refractivity (Wildman–Crippen MR) is 50.6 cm³/mol. The third kappa shape index (κ3) is 2.09. The number of pyridine rings is 1. The Balaban J connectivity index is 1.97. The monoisotopic (exact) mass is 179 g/mol. The number of nitrogens with zero attached hydrogens (tertiary/aromatic N) is 1. The van der Waals surface area contributed by atoms with Crippen molar-refractivity contribution in [2.24, 2.45) is 0 Å². The van der Waals surface area contributed by atoms with Gasteiger partial charge in [0.25, 0.3) is 0 Å². The molecule has 0 amide bonds. The van der Waals surface area contributed by atoms with Crippen LogP contribution in [0.1, 0.15) is 6.42 Å². The Morgan fingerprint density at radius 3 is 3.08 bits per heavy atom. The first-order chi connectivity index (χ1) is 6.34. The molecule has 1 aliphatic rings. The molecule has 0 unspecified atom stereocenters. The smallest absolute Gasteiger partial charge is 0.138 e. The van der Waals surface area contributed by atoms with Gasteiger partial charge in [-0.05, 0) is 25.1 Å². The first-order valence-corrected chi connectivity index (χ1v) is 4.43. The van der Waals surface area contributed by atoms with E-state index < -0.39 is 0 Å². The maximum atomic E-state index is 5.65. The van der Waals surface area contributed by atoms with Crippen LogP contribution >= 0.6 is 0 Å². The van der Waals surface area contributed by atoms with Gasteiger partial charge in [-0.1, -0.05) is 0 Å². The van der Waals surface area contributed by atoms with Crippen molar-refractivity contribution in [2.45, 2.75) is 12.5 Å². The summed E-state index contributed by atoms with van der Waals surface area (Å²) in [4.78, 5) is 3.95. The molecule has 2 rings (SSSR count). The summed E-state index contributed by atoms with van der Waals surface area (Å²) in [7, 11) is 0. The van der Waals surface area contributed by atoms with Crippen molar-refractivity contribution >= 4 is 5.82 Å². The molecule has 1 aromatic heterocycles. The molecule has 13 heavy (non-hydrogen) atoms. The molecule has 4 heteroatoms. The van der Waals surface area contributed by atoms with Gasteiger partial charge < -0.3 is 15.8 Å². The van der Waals surface area contributed by atoms with Crippen LogP contribution in [0.4, 0.5) is 5.82 Å². The average Bonchev–Trinajstić information content (AvgIpc) is 2.62. The van der Waals surface area contributed by atoms with Gasteiger partial charge in [-0.2, -0.15) is 0 Å². The Morgan fingerprint density at radius 1 is 1.54 bits per heavy atom. The number of nitrogen functional groups attached to an aromatic ring is 1. The number of ether oxygens (including phenoxy) is 1. The van der Waals surface area contributed by atoms with E-state index in [1.54, 1.807) is 12.3 Å². The van der Waals surface area contributed by atoms with Gasteiger partial charge in [0.15, 0.2) is 0 Å². The highest BCUT2D eigenvalue weighted by Gasteiger charge is 2.15. The summed E-state index contributed by atoms with van der Waals surface area (Å²) in [6, 6.07) is 3.60. The third-order valence-electron chi connectivity index (χ3n) is 2.08. The minimum absolute atomic E-state index is 0.283. The highest BCUT2D eigenvalue weighted by molar-refractivity contribution is 5.32. The van der Waals surface area contributed by atoms with E-state index >= 15 is 0 Å². The maximum Gasteiger partial charge on any atom is 0.138 e. The molecule has 0 aliphatic carbocycles. The van der Waals surface area contributed by atoms with Gasteiger partial charge in [-0.15, -0.1) is 0 Å². The molecular weight excluding hydrogens is 166 g/mol. The predicted octanol–water partition coefficient (Wildman–Crippen LogP) is 0.404. The van der Waals surface area contributed by atoms with Crippen molar-refractivity contribution in [3.63, 3.8) is 0 Å². The van der Waals surface area contributed by atoms with E-state index in [1.807, 2.05) is 6.07 Å². The molecule has 1 saturated heterocycles. The van der Waals surface area contributed by atoms with Crippen molar-refractivity contribution in [1.82, 2.24) is 10.3 Å². The van der Waals surface area contributed by atoms with Crippen LogP contribution < -0.4 is 15.8 Å². The van der Waals surface area contributed by atoms with Gasteiger partial charge in [0.1, 0.15) is 17.7 Å². The van der Waals surface area contributed by atoms with Crippen molar-refractivity contribution < 1.29 is 4.74 Å². The number of nitrogens with two attached hydrogens (primary N) is 1. The van der Waals surface area contributed by atoms with Gasteiger partial charge in [0.05, 0.1) is 6.20 Å². The molecule has 0 radical (unpaired) electrons. The van der Waals surface area contributed by atoms with Crippen molar-refractivity contribution in [1.29, 1.82) is 0 Å². The highest BCUT2D eigenvalue weighted by atomic mass is 16.5. The zero-order valence-corrected chi connectivity index (χ0v) is 7.36. The Kier molecular flexibility index (Phi) is 2.31. The third-order valence-corrected chi connectivity index (χ3v) is 2.08. The summed E-state index contributed by atoms with van der Waals surface area (Å²) < 4.78 is 5.65. The fourth-order valence-electron chi connectivity index (χ4n) is 1.38. The number of hydrogen-bond acceptors (Lipinski definition) is 4. The Labute approximate surface area is 77.1 Å². The van der Waals surface area contributed by atoms with E-state index in [-0.39, 0.29) is 6.10 Å². The molecule has 1 aromatic rings. The molecule has 2 heterocycles. The topological polar surface area (TPSA) is 60.2 Å². The van der Waals surface area contributed by atoms with Crippen LogP contribution in [0.2, 0.25) is 0 Å². The number of rotatable bonds is 2. The number of aromatic nitrogens is 1. The molecule has 1 atom stereocenters. The molecule has 4 nitrogen and oxygen atoms in total. The van der Waals surface area contributed by atoms with Gasteiger partial charge in [-0.25, -0.2) is 4.98 Å². The van der Waals surface area contributed by atoms with Crippen LogP contribution in [0.5, 0.6) is 5.75 Å². The molecule has 0 aromatic carbocycles. The number of nitrogens with one attached hydrogen (secondary N) is 1. The fourth-order valence-corrected chi connectivity index (χ4v) is 1.38. The Morgan fingerprint density at radius 2 is 2.46 bits per heavy atom. The SMILES string of the molecule is Nc1ccc(O[C@H]2CCNC2)cn1. The van der Waals surface area contributed by atoms with Gasteiger partial charge in [-0.3, -0.25) is 0 Å². The van der Waals surface area contributed by atoms with Crippen molar-refractivity contribution in [2.75, 3.05) is 18.8 Å². The summed E-state index contributed by atoms with van der Waals surface area (Å²) in [6.45, 7) is 1.96. The van der Waals surface area contributed by atoms with Crippen LogP contribution in [-0.4, -0.2) is 24.2 Å². The van der Waals surface area contributed by atoms with Gasteiger partial charge >= 0.3 is 0 Å². The zero-order valence-electron chi connectivity index (χ0n) is 7.36. The van der Waals surface area contributed by atoms with E-state index in [9.17, 15) is 0 Å². The second-order valence-electron chi connectivity index (χ2n) is 3.15. The Bertz CT molecular complexity index is 267. The van der Waals surface area contributed by atoms with Crippen molar-refractivity contribution in [3.8, 4) is 5.75 Å². The Hall–Kier alpha value is -1.29. The molecule has 1 fully saturated rings. The zero-order chi connectivity index (χ0) is 9.10.